The molecular formula is C20H33N3O. The molecule has 0 bridgehead atoms. The van der Waals surface area contributed by atoms with E-state index in [9.17, 15) is 5.11 Å². The lowest BCUT2D eigenvalue weighted by Gasteiger charge is -2.23. The van der Waals surface area contributed by atoms with E-state index in [-0.39, 0.29) is 11.5 Å². The number of hydrogen-bond donors (Lipinski definition) is 2. The van der Waals surface area contributed by atoms with Gasteiger partial charge in [-0.25, -0.2) is 9.97 Å². The Kier molecular flexibility index (Phi) is 6.39. The zero-order valence-electron chi connectivity index (χ0n) is 15.5. The molecule has 1 heterocycles. The number of nitrogens with zero attached hydrogens (tertiary/aromatic N) is 2. The molecule has 1 saturated carbocycles. The first-order valence-corrected chi connectivity index (χ1v) is 9.28. The zero-order chi connectivity index (χ0) is 17.7. The molecule has 4 heteroatoms. The normalized spacial score (nSPS) is 22.2. The first-order valence-electron chi connectivity index (χ1n) is 9.28. The summed E-state index contributed by atoms with van der Waals surface area (Å²) in [6, 6.07) is 0. The van der Waals surface area contributed by atoms with Crippen LogP contribution in [0.3, 0.4) is 0 Å². The Hall–Kier alpha value is -1.42. The van der Waals surface area contributed by atoms with E-state index in [4.69, 9.17) is 10.7 Å². The van der Waals surface area contributed by atoms with Crippen LogP contribution in [0.15, 0.2) is 12.8 Å². The summed E-state index contributed by atoms with van der Waals surface area (Å²) < 4.78 is 0. The van der Waals surface area contributed by atoms with E-state index in [1.807, 2.05) is 6.20 Å². The molecule has 0 radical (unpaired) electrons. The Balaban J connectivity index is 2.22. The van der Waals surface area contributed by atoms with E-state index in [0.29, 0.717) is 11.6 Å². The van der Waals surface area contributed by atoms with Crippen molar-refractivity contribution in [2.24, 2.45) is 17.1 Å². The van der Waals surface area contributed by atoms with Crippen LogP contribution in [0.5, 0.6) is 0 Å². The molecule has 3 N–H and O–H groups in total. The molecule has 0 amide bonds. The van der Waals surface area contributed by atoms with Crippen molar-refractivity contribution in [1.29, 1.82) is 0 Å². The molecule has 1 aliphatic carbocycles. The average molecular weight is 332 g/mol. The number of nitrogens with two attached hydrogens (primary N) is 1. The summed E-state index contributed by atoms with van der Waals surface area (Å²) >= 11 is 0. The van der Waals surface area contributed by atoms with Crippen LogP contribution in [-0.2, 0) is 12.8 Å². The maximum absolute atomic E-state index is 10.1. The van der Waals surface area contributed by atoms with E-state index in [0.717, 1.165) is 62.0 Å². The van der Waals surface area contributed by atoms with Crippen molar-refractivity contribution < 1.29 is 5.11 Å². The third kappa shape index (κ3) is 5.30. The standard InChI is InChI=1S/C20H33N3O/c1-5-20(3,4)12-19-22-13-17(14(2)21)18(23-19)11-15-8-6-7-9-16(24)10-15/h13,15-16,24H,2,5-12,21H2,1,3-4H3/t15-,16+/m1/s1. The summed E-state index contributed by atoms with van der Waals surface area (Å²) in [6.07, 6.45) is 9.68. The van der Waals surface area contributed by atoms with Gasteiger partial charge in [-0.3, -0.25) is 0 Å². The van der Waals surface area contributed by atoms with Crippen LogP contribution in [0.2, 0.25) is 0 Å². The highest BCUT2D eigenvalue weighted by molar-refractivity contribution is 5.61. The topological polar surface area (TPSA) is 72.0 Å². The highest BCUT2D eigenvalue weighted by atomic mass is 16.3. The van der Waals surface area contributed by atoms with Crippen molar-refractivity contribution in [2.45, 2.75) is 78.2 Å². The fourth-order valence-electron chi connectivity index (χ4n) is 3.41. The second-order valence-electron chi connectivity index (χ2n) is 8.11. The van der Waals surface area contributed by atoms with E-state index in [1.54, 1.807) is 0 Å². The maximum Gasteiger partial charge on any atom is 0.129 e. The van der Waals surface area contributed by atoms with Gasteiger partial charge in [-0.05, 0) is 37.0 Å². The summed E-state index contributed by atoms with van der Waals surface area (Å²) in [4.78, 5) is 9.36. The molecule has 1 aromatic rings. The van der Waals surface area contributed by atoms with Crippen LogP contribution in [0.4, 0.5) is 0 Å². The smallest absolute Gasteiger partial charge is 0.129 e. The number of aromatic nitrogens is 2. The molecule has 24 heavy (non-hydrogen) atoms. The average Bonchev–Trinajstić information content (AvgIpc) is 2.71. The molecule has 0 unspecified atom stereocenters. The minimum Gasteiger partial charge on any atom is -0.399 e. The summed E-state index contributed by atoms with van der Waals surface area (Å²) in [5.74, 6) is 1.35. The molecule has 0 saturated heterocycles. The zero-order valence-corrected chi connectivity index (χ0v) is 15.5. The first kappa shape index (κ1) is 18.9. The van der Waals surface area contributed by atoms with E-state index in [2.05, 4.69) is 32.3 Å². The number of aliphatic hydroxyl groups excluding tert-OH is 1. The number of rotatable bonds is 6. The third-order valence-electron chi connectivity index (χ3n) is 5.34. The third-order valence-corrected chi connectivity index (χ3v) is 5.34. The van der Waals surface area contributed by atoms with Gasteiger partial charge in [0, 0.05) is 23.9 Å². The van der Waals surface area contributed by atoms with Crippen LogP contribution in [0.25, 0.3) is 5.70 Å². The summed E-state index contributed by atoms with van der Waals surface area (Å²) in [5.41, 5.74) is 8.54. The van der Waals surface area contributed by atoms with Gasteiger partial charge in [-0.1, -0.05) is 46.6 Å². The predicted octanol–water partition coefficient (Wildman–Crippen LogP) is 3.87. The van der Waals surface area contributed by atoms with Gasteiger partial charge in [0.1, 0.15) is 5.82 Å². The van der Waals surface area contributed by atoms with Gasteiger partial charge >= 0.3 is 0 Å². The molecule has 1 aliphatic rings. The van der Waals surface area contributed by atoms with Gasteiger partial charge < -0.3 is 10.8 Å². The molecule has 134 valence electrons. The molecule has 1 aromatic heterocycles. The number of hydrogen-bond acceptors (Lipinski definition) is 4. The fraction of sp³-hybridized carbons (Fsp3) is 0.700. The largest absolute Gasteiger partial charge is 0.399 e. The Bertz CT molecular complexity index is 568. The minimum absolute atomic E-state index is 0.178. The Labute approximate surface area is 146 Å². The quantitative estimate of drug-likeness (QED) is 0.776. The SMILES string of the molecule is C=C(N)c1cnc(CC(C)(C)CC)nc1C[C@@H]1CCCC[C@H](O)C1. The molecular weight excluding hydrogens is 298 g/mol. The molecule has 1 fully saturated rings. The molecule has 2 rings (SSSR count). The minimum atomic E-state index is -0.178. The Morgan fingerprint density at radius 2 is 2.08 bits per heavy atom. The molecule has 2 atom stereocenters. The van der Waals surface area contributed by atoms with Crippen molar-refractivity contribution >= 4 is 5.70 Å². The summed E-state index contributed by atoms with van der Waals surface area (Å²) in [6.45, 7) is 10.6. The van der Waals surface area contributed by atoms with Gasteiger partial charge in [0.05, 0.1) is 11.8 Å². The number of aliphatic hydroxyl groups is 1. The van der Waals surface area contributed by atoms with Gasteiger partial charge in [0.25, 0.3) is 0 Å². The van der Waals surface area contributed by atoms with Crippen molar-refractivity contribution in [3.05, 3.63) is 29.9 Å². The van der Waals surface area contributed by atoms with E-state index < -0.39 is 0 Å². The van der Waals surface area contributed by atoms with Gasteiger partial charge in [0.2, 0.25) is 0 Å². The Morgan fingerprint density at radius 1 is 1.38 bits per heavy atom. The lowest BCUT2D eigenvalue weighted by atomic mass is 9.86. The van der Waals surface area contributed by atoms with Gasteiger partial charge in [0.15, 0.2) is 0 Å². The summed E-state index contributed by atoms with van der Waals surface area (Å²) in [5, 5.41) is 10.1. The highest BCUT2D eigenvalue weighted by Crippen LogP contribution is 2.29. The van der Waals surface area contributed by atoms with Crippen LogP contribution in [-0.4, -0.2) is 21.2 Å². The van der Waals surface area contributed by atoms with Crippen molar-refractivity contribution in [3.8, 4) is 0 Å². The Morgan fingerprint density at radius 3 is 2.75 bits per heavy atom. The van der Waals surface area contributed by atoms with Crippen LogP contribution >= 0.6 is 0 Å². The van der Waals surface area contributed by atoms with Crippen molar-refractivity contribution in [2.75, 3.05) is 0 Å². The fourth-order valence-corrected chi connectivity index (χ4v) is 3.41. The lowest BCUT2D eigenvalue weighted by Crippen LogP contribution is -2.19. The monoisotopic (exact) mass is 331 g/mol. The molecule has 4 nitrogen and oxygen atoms in total. The molecule has 0 aliphatic heterocycles. The van der Waals surface area contributed by atoms with Crippen LogP contribution in [0, 0.1) is 11.3 Å². The highest BCUT2D eigenvalue weighted by Gasteiger charge is 2.23. The van der Waals surface area contributed by atoms with Crippen molar-refractivity contribution in [3.63, 3.8) is 0 Å². The van der Waals surface area contributed by atoms with Crippen molar-refractivity contribution in [1.82, 2.24) is 9.97 Å². The van der Waals surface area contributed by atoms with Gasteiger partial charge in [-0.15, -0.1) is 0 Å². The van der Waals surface area contributed by atoms with E-state index in [1.165, 1.54) is 6.42 Å². The molecule has 0 spiro atoms. The van der Waals surface area contributed by atoms with Crippen LogP contribution < -0.4 is 5.73 Å². The van der Waals surface area contributed by atoms with E-state index >= 15 is 0 Å². The lowest BCUT2D eigenvalue weighted by molar-refractivity contribution is 0.141. The first-order chi connectivity index (χ1) is 11.3. The predicted molar refractivity (Wildman–Crippen MR) is 99.3 cm³/mol. The molecule has 0 aromatic carbocycles. The maximum atomic E-state index is 10.1. The van der Waals surface area contributed by atoms with Crippen LogP contribution in [0.1, 0.15) is 76.4 Å². The summed E-state index contributed by atoms with van der Waals surface area (Å²) in [7, 11) is 0. The second kappa shape index (κ2) is 8.11. The second-order valence-corrected chi connectivity index (χ2v) is 8.11. The van der Waals surface area contributed by atoms with Gasteiger partial charge in [-0.2, -0.15) is 0 Å².